The van der Waals surface area contributed by atoms with Crippen LogP contribution in [-0.2, 0) is 29.7 Å². The smallest absolute Gasteiger partial charge is 0.140 e. The van der Waals surface area contributed by atoms with E-state index in [-0.39, 0.29) is 51.3 Å². The monoisotopic (exact) mass is 1060 g/mol. The van der Waals surface area contributed by atoms with Gasteiger partial charge in [-0.2, -0.15) is 0 Å². The van der Waals surface area contributed by atoms with E-state index >= 15 is 0 Å². The van der Waals surface area contributed by atoms with Crippen LogP contribution in [0.1, 0.15) is 99.8 Å². The molecule has 0 aliphatic heterocycles. The van der Waals surface area contributed by atoms with Crippen molar-refractivity contribution in [2.45, 2.75) is 106 Å². The molecule has 2 heterocycles. The summed E-state index contributed by atoms with van der Waals surface area (Å²) in [4.78, 5) is 32.7. The third-order valence-corrected chi connectivity index (χ3v) is 9.70. The first-order chi connectivity index (χ1) is 30.6. The fourth-order valence-corrected chi connectivity index (χ4v) is 6.35. The minimum atomic E-state index is -0.551. The Balaban J connectivity index is 0.000000802. The van der Waals surface area contributed by atoms with Crippen molar-refractivity contribution in [3.8, 4) is 22.5 Å². The normalized spacial score (nSPS) is 10.7. The van der Waals surface area contributed by atoms with Crippen LogP contribution < -0.4 is 0 Å². The molecule has 2 aromatic heterocycles. The third kappa shape index (κ3) is 25.1. The average molecular weight is 1060 g/mol. The van der Waals surface area contributed by atoms with Crippen LogP contribution in [0.2, 0.25) is 0 Å². The number of aliphatic hydroxyl groups is 2. The molecule has 7 nitrogen and oxygen atoms in total. The molecule has 6 rings (SSSR count). The van der Waals surface area contributed by atoms with Gasteiger partial charge >= 0.3 is 0 Å². The van der Waals surface area contributed by atoms with Crippen molar-refractivity contribution in [1.82, 2.24) is 14.9 Å². The molecule has 8 heteroatoms. The average Bonchev–Trinajstić information content (AvgIpc) is 3.30. The molecular formula is C57H73IrN3O4-2. The number of hydrogen-bond acceptors (Lipinski definition) is 7. The second-order valence-electron chi connectivity index (χ2n) is 14.8. The van der Waals surface area contributed by atoms with Crippen LogP contribution in [0.15, 0.2) is 159 Å². The van der Waals surface area contributed by atoms with Gasteiger partial charge in [0, 0.05) is 45.3 Å². The van der Waals surface area contributed by atoms with E-state index in [1.54, 1.807) is 6.92 Å². The SMILES string of the molecule is C.C=CCCCCC(=O)CC(C)=O.C=CCCCCC(O)=CC(C)O.CCN(CC)CC.[Ir].[c-]1ccccc1-c1nccc2ccccc12.[c-]1ccccc1-c1nccc2ccccc12. The standard InChI is InChI=1S/2C15H10N.C10H18O2.C10H16O2.C6H15N.CH4.Ir/c2*1-2-7-13(8-3-1)15-14-9-5-4-6-12(14)10-11-16-15;2*1-3-4-5-6-7-10(12)8-9(2)11;1-4-7(5-2)6-3;;/h2*1-7,9-11H;3,8-9,11-12H,1,4-7H2,2H3;3H,1,4-8H2,2H3;4-6H2,1-3H3;1H4;/q2*-1;;;;;. The van der Waals surface area contributed by atoms with E-state index in [1.165, 1.54) is 54.2 Å². The van der Waals surface area contributed by atoms with Crippen LogP contribution in [0.25, 0.3) is 44.1 Å². The molecule has 1 unspecified atom stereocenters. The molecule has 0 saturated heterocycles. The Morgan fingerprint density at radius 1 is 0.677 bits per heavy atom. The Hall–Kier alpha value is -5.37. The maximum absolute atomic E-state index is 11.0. The number of ketones is 2. The molecule has 351 valence electrons. The summed E-state index contributed by atoms with van der Waals surface area (Å²) in [5.41, 5.74) is 4.08. The summed E-state index contributed by atoms with van der Waals surface area (Å²) in [7, 11) is 0. The molecule has 4 aromatic carbocycles. The van der Waals surface area contributed by atoms with Gasteiger partial charge in [-0.3, -0.25) is 9.59 Å². The van der Waals surface area contributed by atoms with Gasteiger partial charge in [-0.15, -0.1) is 84.9 Å². The third-order valence-electron chi connectivity index (χ3n) is 9.70. The van der Waals surface area contributed by atoms with Gasteiger partial charge in [0.2, 0.25) is 0 Å². The zero-order valence-corrected chi connectivity index (χ0v) is 41.0. The molecule has 0 fully saturated rings. The van der Waals surface area contributed by atoms with Crippen molar-refractivity contribution >= 4 is 33.1 Å². The first kappa shape index (κ1) is 59.6. The van der Waals surface area contributed by atoms with Crippen LogP contribution in [0.4, 0.5) is 0 Å². The number of allylic oxidation sites excluding steroid dienone is 3. The Morgan fingerprint density at radius 3 is 1.48 bits per heavy atom. The van der Waals surface area contributed by atoms with Crippen molar-refractivity contribution in [3.05, 3.63) is 171 Å². The molecule has 0 bridgehead atoms. The molecular weight excluding hydrogens is 983 g/mol. The number of fused-ring (bicyclic) bond motifs is 2. The number of carbonyl (C=O) groups is 2. The Kier molecular flexibility index (Phi) is 33.9. The summed E-state index contributed by atoms with van der Waals surface area (Å²) < 4.78 is 0. The van der Waals surface area contributed by atoms with Gasteiger partial charge in [0.1, 0.15) is 11.6 Å². The molecule has 0 saturated carbocycles. The van der Waals surface area contributed by atoms with Crippen molar-refractivity contribution in [2.75, 3.05) is 19.6 Å². The Bertz CT molecular complexity index is 2090. The van der Waals surface area contributed by atoms with Crippen molar-refractivity contribution in [1.29, 1.82) is 0 Å². The second kappa shape index (κ2) is 36.9. The summed E-state index contributed by atoms with van der Waals surface area (Å²) in [5, 5.41) is 22.8. The largest absolute Gasteiger partial charge is 0.513 e. The fraction of sp³-hybridized carbons (Fsp3) is 0.333. The molecule has 0 aliphatic rings. The summed E-state index contributed by atoms with van der Waals surface area (Å²) in [6, 6.07) is 42.9. The number of carbonyl (C=O) groups excluding carboxylic acids is 2. The topological polar surface area (TPSA) is 104 Å². The molecule has 0 aliphatic carbocycles. The molecule has 0 amide bonds. The van der Waals surface area contributed by atoms with E-state index in [0.717, 1.165) is 61.0 Å². The number of aromatic nitrogens is 2. The number of Topliss-reactive ketones (excluding diaryl/α,β-unsaturated/α-hetero) is 2. The molecule has 65 heavy (non-hydrogen) atoms. The van der Waals surface area contributed by atoms with Crippen molar-refractivity contribution in [3.63, 3.8) is 0 Å². The van der Waals surface area contributed by atoms with Crippen LogP contribution in [-0.4, -0.2) is 62.4 Å². The van der Waals surface area contributed by atoms with Gasteiger partial charge in [-0.05, 0) is 123 Å². The molecule has 0 spiro atoms. The summed E-state index contributed by atoms with van der Waals surface area (Å²) in [6.45, 7) is 20.4. The predicted octanol–water partition coefficient (Wildman–Crippen LogP) is 14.2. The number of unbranched alkanes of at least 4 members (excludes halogenated alkanes) is 4. The van der Waals surface area contributed by atoms with E-state index in [1.807, 2.05) is 109 Å². The van der Waals surface area contributed by atoms with Crippen LogP contribution in [0, 0.1) is 12.1 Å². The second-order valence-corrected chi connectivity index (χ2v) is 14.8. The summed E-state index contributed by atoms with van der Waals surface area (Å²) >= 11 is 0. The van der Waals surface area contributed by atoms with E-state index in [9.17, 15) is 14.7 Å². The van der Waals surface area contributed by atoms with Crippen molar-refractivity contribution < 1.29 is 39.9 Å². The number of nitrogens with zero attached hydrogens (tertiary/aromatic N) is 3. The van der Waals surface area contributed by atoms with Gasteiger partial charge in [0.15, 0.2) is 0 Å². The van der Waals surface area contributed by atoms with Gasteiger partial charge in [-0.1, -0.05) is 88.9 Å². The van der Waals surface area contributed by atoms with Gasteiger partial charge in [0.25, 0.3) is 0 Å². The molecule has 1 radical (unpaired) electrons. The first-order valence-electron chi connectivity index (χ1n) is 22.2. The number of rotatable bonds is 18. The molecule has 1 atom stereocenters. The van der Waals surface area contributed by atoms with Crippen molar-refractivity contribution in [2.24, 2.45) is 0 Å². The van der Waals surface area contributed by atoms with Crippen LogP contribution >= 0.6 is 0 Å². The van der Waals surface area contributed by atoms with E-state index in [4.69, 9.17) is 5.11 Å². The summed E-state index contributed by atoms with van der Waals surface area (Å²) in [5.74, 6) is 0.310. The zero-order chi connectivity index (χ0) is 46.1. The van der Waals surface area contributed by atoms with E-state index < -0.39 is 6.10 Å². The number of benzene rings is 4. The van der Waals surface area contributed by atoms with Crippen LogP contribution in [0.3, 0.4) is 0 Å². The van der Waals surface area contributed by atoms with Gasteiger partial charge in [0.05, 0.1) is 18.3 Å². The van der Waals surface area contributed by atoms with Crippen LogP contribution in [0.5, 0.6) is 0 Å². The molecule has 6 aromatic rings. The maximum Gasteiger partial charge on any atom is 0.140 e. The van der Waals surface area contributed by atoms with Gasteiger partial charge in [-0.25, -0.2) is 0 Å². The Morgan fingerprint density at radius 2 is 1.11 bits per heavy atom. The number of pyridine rings is 2. The number of hydrogen-bond donors (Lipinski definition) is 2. The maximum atomic E-state index is 11.0. The Labute approximate surface area is 404 Å². The van der Waals surface area contributed by atoms with E-state index in [0.29, 0.717) is 12.8 Å². The number of aliphatic hydroxyl groups excluding tert-OH is 2. The summed E-state index contributed by atoms with van der Waals surface area (Å²) in [6.07, 6.45) is 15.4. The quantitative estimate of drug-likeness (QED) is 0.0290. The predicted molar refractivity (Wildman–Crippen MR) is 272 cm³/mol. The minimum absolute atomic E-state index is 0. The van der Waals surface area contributed by atoms with E-state index in [2.05, 4.69) is 85.2 Å². The fourth-order valence-electron chi connectivity index (χ4n) is 6.35. The minimum Gasteiger partial charge on any atom is -0.513 e. The zero-order valence-electron chi connectivity index (χ0n) is 38.6. The van der Waals surface area contributed by atoms with Gasteiger partial charge < -0.3 is 25.1 Å². The first-order valence-corrected chi connectivity index (χ1v) is 22.2. The molecule has 2 N–H and O–H groups in total.